The molecule has 1 saturated carbocycles. The fourth-order valence-electron chi connectivity index (χ4n) is 2.69. The third-order valence-electron chi connectivity index (χ3n) is 3.31. The Labute approximate surface area is 89.5 Å². The Morgan fingerprint density at radius 1 is 1.27 bits per heavy atom. The Bertz CT molecular complexity index is 348. The molecule has 0 heterocycles. The zero-order valence-electron chi connectivity index (χ0n) is 8.90. The zero-order valence-corrected chi connectivity index (χ0v) is 8.90. The van der Waals surface area contributed by atoms with Gasteiger partial charge in [-0.05, 0) is 37.5 Å². The van der Waals surface area contributed by atoms with Crippen LogP contribution in [0.2, 0.25) is 0 Å². The summed E-state index contributed by atoms with van der Waals surface area (Å²) in [4.78, 5) is 0. The molecule has 4 N–H and O–H groups in total. The molecule has 1 aliphatic carbocycles. The van der Waals surface area contributed by atoms with E-state index in [-0.39, 0.29) is 11.2 Å². The number of phenols is 1. The van der Waals surface area contributed by atoms with Gasteiger partial charge < -0.3 is 15.9 Å². The largest absolute Gasteiger partial charge is 0.508 e. The zero-order chi connectivity index (χ0) is 11.1. The van der Waals surface area contributed by atoms with Crippen molar-refractivity contribution in [3.05, 3.63) is 29.8 Å². The van der Waals surface area contributed by atoms with Gasteiger partial charge in [0.05, 0.1) is 5.60 Å². The quantitative estimate of drug-likeness (QED) is 0.681. The lowest BCUT2D eigenvalue weighted by molar-refractivity contribution is -0.0726. The van der Waals surface area contributed by atoms with Crippen LogP contribution in [0.5, 0.6) is 5.75 Å². The normalized spacial score (nSPS) is 34.9. The van der Waals surface area contributed by atoms with Crippen LogP contribution in [0.3, 0.4) is 0 Å². The molecular weight excluding hydrogens is 190 g/mol. The average molecular weight is 207 g/mol. The summed E-state index contributed by atoms with van der Waals surface area (Å²) in [6.07, 6.45) is 1.39. The molecule has 0 bridgehead atoms. The van der Waals surface area contributed by atoms with E-state index in [1.807, 2.05) is 19.1 Å². The lowest BCUT2D eigenvalue weighted by Gasteiger charge is -2.51. The van der Waals surface area contributed by atoms with Crippen LogP contribution in [-0.4, -0.2) is 22.4 Å². The minimum absolute atomic E-state index is 0.100. The number of aromatic hydroxyl groups is 1. The van der Waals surface area contributed by atoms with Crippen molar-refractivity contribution in [3.63, 3.8) is 0 Å². The molecule has 0 aromatic heterocycles. The topological polar surface area (TPSA) is 66.5 Å². The van der Waals surface area contributed by atoms with Gasteiger partial charge in [-0.2, -0.15) is 0 Å². The fraction of sp³-hybridized carbons (Fsp3) is 0.500. The van der Waals surface area contributed by atoms with Gasteiger partial charge >= 0.3 is 0 Å². The van der Waals surface area contributed by atoms with Crippen molar-refractivity contribution in [1.29, 1.82) is 0 Å². The highest BCUT2D eigenvalue weighted by atomic mass is 16.3. The first kappa shape index (κ1) is 10.5. The number of hydrogen-bond donors (Lipinski definition) is 3. The maximum absolute atomic E-state index is 9.79. The van der Waals surface area contributed by atoms with Gasteiger partial charge in [-0.15, -0.1) is 0 Å². The molecule has 1 aromatic rings. The molecule has 0 saturated heterocycles. The number of hydrogen-bond acceptors (Lipinski definition) is 3. The van der Waals surface area contributed by atoms with Gasteiger partial charge in [-0.3, -0.25) is 0 Å². The van der Waals surface area contributed by atoms with Crippen LogP contribution in [0.1, 0.15) is 25.3 Å². The Hall–Kier alpha value is -1.06. The van der Waals surface area contributed by atoms with E-state index in [9.17, 15) is 10.2 Å². The molecule has 0 unspecified atom stereocenters. The van der Waals surface area contributed by atoms with Crippen molar-refractivity contribution in [2.45, 2.75) is 30.8 Å². The van der Waals surface area contributed by atoms with E-state index in [1.165, 1.54) is 0 Å². The minimum Gasteiger partial charge on any atom is -0.508 e. The van der Waals surface area contributed by atoms with E-state index >= 15 is 0 Å². The molecule has 15 heavy (non-hydrogen) atoms. The molecule has 0 spiro atoms. The third-order valence-corrected chi connectivity index (χ3v) is 3.31. The van der Waals surface area contributed by atoms with E-state index in [1.54, 1.807) is 12.1 Å². The summed E-state index contributed by atoms with van der Waals surface area (Å²) in [5.41, 5.74) is 6.21. The van der Waals surface area contributed by atoms with Crippen molar-refractivity contribution in [1.82, 2.24) is 0 Å². The minimum atomic E-state index is -0.586. The lowest BCUT2D eigenvalue weighted by Crippen LogP contribution is -2.56. The van der Waals surface area contributed by atoms with Gasteiger partial charge in [-0.1, -0.05) is 12.1 Å². The first-order valence-corrected chi connectivity index (χ1v) is 5.19. The van der Waals surface area contributed by atoms with Gasteiger partial charge in [-0.25, -0.2) is 0 Å². The Kier molecular flexibility index (Phi) is 2.24. The summed E-state index contributed by atoms with van der Waals surface area (Å²) in [5.74, 6) is 0.261. The van der Waals surface area contributed by atoms with Crippen molar-refractivity contribution >= 4 is 0 Å². The standard InChI is InChI=1S/C12H17NO2/c1-11(15)6-12(7-11,8-13)9-2-4-10(14)5-3-9/h2-5,14-15H,6-8,13H2,1H3. The third kappa shape index (κ3) is 1.73. The van der Waals surface area contributed by atoms with Crippen LogP contribution in [0, 0.1) is 0 Å². The summed E-state index contributed by atoms with van der Waals surface area (Å²) in [6, 6.07) is 7.11. The average Bonchev–Trinajstić information content (AvgIpc) is 2.14. The lowest BCUT2D eigenvalue weighted by atomic mass is 9.57. The molecule has 0 amide bonds. The second-order valence-electron chi connectivity index (χ2n) is 4.88. The van der Waals surface area contributed by atoms with Gasteiger partial charge in [0, 0.05) is 12.0 Å². The highest BCUT2D eigenvalue weighted by Gasteiger charge is 2.50. The Morgan fingerprint density at radius 2 is 1.80 bits per heavy atom. The van der Waals surface area contributed by atoms with Gasteiger partial charge in [0.2, 0.25) is 0 Å². The highest BCUT2D eigenvalue weighted by Crippen LogP contribution is 2.49. The van der Waals surface area contributed by atoms with Crippen molar-refractivity contribution < 1.29 is 10.2 Å². The van der Waals surface area contributed by atoms with E-state index in [2.05, 4.69) is 0 Å². The van der Waals surface area contributed by atoms with E-state index in [0.717, 1.165) is 5.56 Å². The summed E-state index contributed by atoms with van der Waals surface area (Å²) >= 11 is 0. The number of rotatable bonds is 2. The van der Waals surface area contributed by atoms with Crippen molar-refractivity contribution in [2.75, 3.05) is 6.54 Å². The van der Waals surface area contributed by atoms with Crippen LogP contribution < -0.4 is 5.73 Å². The monoisotopic (exact) mass is 207 g/mol. The Balaban J connectivity index is 2.25. The van der Waals surface area contributed by atoms with Crippen molar-refractivity contribution in [2.24, 2.45) is 5.73 Å². The first-order valence-electron chi connectivity index (χ1n) is 5.19. The predicted molar refractivity (Wildman–Crippen MR) is 58.7 cm³/mol. The molecule has 1 aliphatic rings. The van der Waals surface area contributed by atoms with E-state index in [0.29, 0.717) is 19.4 Å². The second kappa shape index (κ2) is 3.22. The Morgan fingerprint density at radius 3 is 2.20 bits per heavy atom. The first-order chi connectivity index (χ1) is 6.97. The molecule has 0 radical (unpaired) electrons. The molecule has 1 fully saturated rings. The molecule has 1 aromatic carbocycles. The molecule has 2 rings (SSSR count). The molecule has 0 aliphatic heterocycles. The maximum atomic E-state index is 9.79. The van der Waals surface area contributed by atoms with E-state index in [4.69, 9.17) is 5.73 Å². The number of aliphatic hydroxyl groups is 1. The number of phenolic OH excluding ortho intramolecular Hbond substituents is 1. The molecule has 82 valence electrons. The summed E-state index contributed by atoms with van der Waals surface area (Å²) < 4.78 is 0. The summed E-state index contributed by atoms with van der Waals surface area (Å²) in [7, 11) is 0. The fourth-order valence-corrected chi connectivity index (χ4v) is 2.69. The van der Waals surface area contributed by atoms with Crippen molar-refractivity contribution in [3.8, 4) is 5.75 Å². The summed E-state index contributed by atoms with van der Waals surface area (Å²) in [6.45, 7) is 2.37. The van der Waals surface area contributed by atoms with Crippen LogP contribution in [0.4, 0.5) is 0 Å². The molecule has 3 nitrogen and oxygen atoms in total. The maximum Gasteiger partial charge on any atom is 0.115 e. The second-order valence-corrected chi connectivity index (χ2v) is 4.88. The summed E-state index contributed by atoms with van der Waals surface area (Å²) in [5, 5.41) is 19.0. The van der Waals surface area contributed by atoms with Crippen LogP contribution >= 0.6 is 0 Å². The molecule has 0 atom stereocenters. The van der Waals surface area contributed by atoms with Crippen LogP contribution in [0.15, 0.2) is 24.3 Å². The van der Waals surface area contributed by atoms with Gasteiger partial charge in [0.15, 0.2) is 0 Å². The van der Waals surface area contributed by atoms with Gasteiger partial charge in [0.25, 0.3) is 0 Å². The molecule has 3 heteroatoms. The predicted octanol–water partition coefficient (Wildman–Crippen LogP) is 1.13. The SMILES string of the molecule is CC1(O)CC(CN)(c2ccc(O)cc2)C1. The number of nitrogens with two attached hydrogens (primary N) is 1. The molecular formula is C12H17NO2. The van der Waals surface area contributed by atoms with E-state index < -0.39 is 5.60 Å². The number of benzene rings is 1. The highest BCUT2D eigenvalue weighted by molar-refractivity contribution is 5.35. The smallest absolute Gasteiger partial charge is 0.115 e. The van der Waals surface area contributed by atoms with Gasteiger partial charge in [0.1, 0.15) is 5.75 Å². The van der Waals surface area contributed by atoms with Crippen LogP contribution in [-0.2, 0) is 5.41 Å². The van der Waals surface area contributed by atoms with Crippen LogP contribution in [0.25, 0.3) is 0 Å².